The highest BCUT2D eigenvalue weighted by molar-refractivity contribution is 5.88. The van der Waals surface area contributed by atoms with Crippen LogP contribution >= 0.6 is 0 Å². The Kier molecular flexibility index (Phi) is 6.94. The summed E-state index contributed by atoms with van der Waals surface area (Å²) in [5.74, 6) is -0.963. The maximum absolute atomic E-state index is 11.7. The maximum Gasteiger partial charge on any atom is 0.315 e. The molecular weight excluding hydrogens is 316 g/mol. The summed E-state index contributed by atoms with van der Waals surface area (Å²) >= 11 is 0. The largest absolute Gasteiger partial charge is 0.390 e. The molecule has 1 aliphatic heterocycles. The molecule has 134 valence electrons. The van der Waals surface area contributed by atoms with Crippen LogP contribution in [-0.4, -0.2) is 64.4 Å². The average Bonchev–Trinajstić information content (AvgIpc) is 2.89. The molecule has 0 aliphatic carbocycles. The first-order valence-electron chi connectivity index (χ1n) is 8.09. The van der Waals surface area contributed by atoms with Crippen molar-refractivity contribution in [2.24, 2.45) is 5.73 Å². The molecule has 1 saturated heterocycles. The quantitative estimate of drug-likeness (QED) is 0.508. The lowest BCUT2D eigenvalue weighted by atomic mass is 10.2. The van der Waals surface area contributed by atoms with Crippen LogP contribution in [0.4, 0.5) is 4.79 Å². The van der Waals surface area contributed by atoms with E-state index in [1.54, 1.807) is 0 Å². The van der Waals surface area contributed by atoms with Crippen molar-refractivity contribution >= 4 is 11.9 Å². The van der Waals surface area contributed by atoms with Gasteiger partial charge in [0.15, 0.2) is 0 Å². The minimum Gasteiger partial charge on any atom is -0.390 e. The summed E-state index contributed by atoms with van der Waals surface area (Å²) in [5.41, 5.74) is 5.00. The Morgan fingerprint density at radius 1 is 1.25 bits per heavy atom. The first-order chi connectivity index (χ1) is 11.5. The number of likely N-dealkylation sites (tertiary alicyclic amines) is 1. The molecule has 0 unspecified atom stereocenters. The minimum absolute atomic E-state index is 0.0334. The Morgan fingerprint density at radius 2 is 1.96 bits per heavy atom. The van der Waals surface area contributed by atoms with E-state index in [9.17, 15) is 14.7 Å². The highest BCUT2D eigenvalue weighted by atomic mass is 16.5. The number of amides is 3. The topological polar surface area (TPSA) is 147 Å². The highest BCUT2D eigenvalue weighted by Gasteiger charge is 2.15. The normalized spacial score (nSPS) is 17.0. The van der Waals surface area contributed by atoms with Crippen molar-refractivity contribution in [1.82, 2.24) is 25.7 Å². The van der Waals surface area contributed by atoms with Gasteiger partial charge in [0.05, 0.1) is 12.6 Å². The van der Waals surface area contributed by atoms with Gasteiger partial charge < -0.3 is 30.9 Å². The molecule has 0 spiro atoms. The van der Waals surface area contributed by atoms with Crippen molar-refractivity contribution in [2.45, 2.75) is 38.3 Å². The summed E-state index contributed by atoms with van der Waals surface area (Å²) in [7, 11) is 0. The zero-order valence-corrected chi connectivity index (χ0v) is 13.5. The third kappa shape index (κ3) is 6.13. The van der Waals surface area contributed by atoms with E-state index in [1.165, 1.54) is 12.8 Å². The van der Waals surface area contributed by atoms with E-state index in [0.29, 0.717) is 6.54 Å². The third-order valence-corrected chi connectivity index (χ3v) is 3.75. The Balaban J connectivity index is 1.63. The smallest absolute Gasteiger partial charge is 0.315 e. The number of aliphatic hydroxyl groups excluding tert-OH is 1. The molecule has 2 rings (SSSR count). The molecule has 24 heavy (non-hydrogen) atoms. The number of aliphatic hydroxyl groups is 1. The van der Waals surface area contributed by atoms with Crippen LogP contribution in [0.15, 0.2) is 4.52 Å². The number of urea groups is 1. The van der Waals surface area contributed by atoms with Gasteiger partial charge in [0.1, 0.15) is 0 Å². The van der Waals surface area contributed by atoms with Gasteiger partial charge in [-0.3, -0.25) is 4.79 Å². The van der Waals surface area contributed by atoms with Crippen molar-refractivity contribution in [3.05, 3.63) is 11.7 Å². The van der Waals surface area contributed by atoms with Gasteiger partial charge in [0.25, 0.3) is 11.7 Å². The van der Waals surface area contributed by atoms with Crippen molar-refractivity contribution in [3.63, 3.8) is 0 Å². The second kappa shape index (κ2) is 9.18. The number of aromatic nitrogens is 2. The van der Waals surface area contributed by atoms with E-state index in [2.05, 4.69) is 25.7 Å². The van der Waals surface area contributed by atoms with Crippen LogP contribution in [0.1, 0.15) is 42.2 Å². The van der Waals surface area contributed by atoms with Gasteiger partial charge >= 0.3 is 6.03 Å². The first-order valence-corrected chi connectivity index (χ1v) is 8.09. The maximum atomic E-state index is 11.7. The number of β-amino-alcohol motifs (C(OH)–C–C–N with tert-alkyl or cyclic N) is 1. The standard InChI is InChI=1S/C14H24N6O4/c15-12(22)13-18-11(24-19-13)8-17-14(23)16-7-10(21)9-20-5-3-1-2-4-6-20/h10,21H,1-9H2,(H2,15,22)(H2,16,17,23)/t10-/m0/s1. The van der Waals surface area contributed by atoms with Crippen LogP contribution in [0.3, 0.4) is 0 Å². The number of nitrogens with two attached hydrogens (primary N) is 1. The third-order valence-electron chi connectivity index (χ3n) is 3.75. The molecule has 10 heteroatoms. The molecule has 1 aromatic heterocycles. The van der Waals surface area contributed by atoms with Gasteiger partial charge in [-0.2, -0.15) is 4.98 Å². The zero-order chi connectivity index (χ0) is 17.4. The summed E-state index contributed by atoms with van der Waals surface area (Å²) in [6, 6.07) is -0.469. The van der Waals surface area contributed by atoms with E-state index < -0.39 is 18.0 Å². The zero-order valence-electron chi connectivity index (χ0n) is 13.5. The van der Waals surface area contributed by atoms with Crippen LogP contribution in [0.5, 0.6) is 0 Å². The lowest BCUT2D eigenvalue weighted by molar-refractivity contribution is 0.0987. The Bertz CT molecular complexity index is 541. The monoisotopic (exact) mass is 340 g/mol. The Hall–Kier alpha value is -2.20. The number of rotatable bonds is 7. The van der Waals surface area contributed by atoms with Gasteiger partial charge in [0.2, 0.25) is 5.89 Å². The number of primary amides is 1. The van der Waals surface area contributed by atoms with E-state index in [1.807, 2.05) is 0 Å². The second-order valence-corrected chi connectivity index (χ2v) is 5.81. The molecule has 2 heterocycles. The molecule has 0 radical (unpaired) electrons. The number of carbonyl (C=O) groups excluding carboxylic acids is 2. The lowest BCUT2D eigenvalue weighted by Crippen LogP contribution is -2.43. The van der Waals surface area contributed by atoms with E-state index >= 15 is 0 Å². The van der Waals surface area contributed by atoms with E-state index in [4.69, 9.17) is 10.3 Å². The summed E-state index contributed by atoms with van der Waals surface area (Å²) in [4.78, 5) is 28.4. The molecule has 5 N–H and O–H groups in total. The molecule has 1 aliphatic rings. The first kappa shape index (κ1) is 18.1. The van der Waals surface area contributed by atoms with Crippen LogP contribution in [0, 0.1) is 0 Å². The van der Waals surface area contributed by atoms with Crippen LogP contribution in [0.2, 0.25) is 0 Å². The van der Waals surface area contributed by atoms with Gasteiger partial charge in [-0.15, -0.1) is 0 Å². The fourth-order valence-electron chi connectivity index (χ4n) is 2.54. The number of nitrogens with zero attached hydrogens (tertiary/aromatic N) is 3. The summed E-state index contributed by atoms with van der Waals surface area (Å²) in [6.45, 7) is 2.64. The molecule has 10 nitrogen and oxygen atoms in total. The number of carbonyl (C=O) groups is 2. The van der Waals surface area contributed by atoms with Crippen LogP contribution in [-0.2, 0) is 6.54 Å². The molecule has 0 saturated carbocycles. The molecule has 1 fully saturated rings. The summed E-state index contributed by atoms with van der Waals surface area (Å²) in [6.07, 6.45) is 4.15. The SMILES string of the molecule is NC(=O)c1noc(CNC(=O)NC[C@H](O)CN2CCCCCC2)n1. The van der Waals surface area contributed by atoms with Gasteiger partial charge in [0, 0.05) is 13.1 Å². The second-order valence-electron chi connectivity index (χ2n) is 5.81. The fourth-order valence-corrected chi connectivity index (χ4v) is 2.54. The molecule has 1 aromatic rings. The predicted molar refractivity (Wildman–Crippen MR) is 84.0 cm³/mol. The van der Waals surface area contributed by atoms with Crippen molar-refractivity contribution < 1.29 is 19.2 Å². The van der Waals surface area contributed by atoms with Crippen LogP contribution < -0.4 is 16.4 Å². The molecule has 0 bridgehead atoms. The van der Waals surface area contributed by atoms with Crippen molar-refractivity contribution in [2.75, 3.05) is 26.2 Å². The molecule has 3 amide bonds. The van der Waals surface area contributed by atoms with Gasteiger partial charge in [-0.05, 0) is 25.9 Å². The molecular formula is C14H24N6O4. The average molecular weight is 340 g/mol. The highest BCUT2D eigenvalue weighted by Crippen LogP contribution is 2.09. The predicted octanol–water partition coefficient (Wildman–Crippen LogP) is -0.795. The number of hydrogen-bond acceptors (Lipinski definition) is 7. The minimum atomic E-state index is -0.800. The number of nitrogens with one attached hydrogen (secondary N) is 2. The van der Waals surface area contributed by atoms with Crippen molar-refractivity contribution in [3.8, 4) is 0 Å². The number of hydrogen-bond donors (Lipinski definition) is 4. The lowest BCUT2D eigenvalue weighted by Gasteiger charge is -2.23. The fraction of sp³-hybridized carbons (Fsp3) is 0.714. The Labute approximate surface area is 139 Å². The molecule has 0 aromatic carbocycles. The summed E-state index contributed by atoms with van der Waals surface area (Å²) < 4.78 is 4.75. The van der Waals surface area contributed by atoms with Gasteiger partial charge in [-0.25, -0.2) is 4.79 Å². The Morgan fingerprint density at radius 3 is 2.58 bits per heavy atom. The van der Waals surface area contributed by atoms with Gasteiger partial charge in [-0.1, -0.05) is 18.0 Å². The molecule has 1 atom stereocenters. The van der Waals surface area contributed by atoms with Crippen molar-refractivity contribution in [1.29, 1.82) is 0 Å². The summed E-state index contributed by atoms with van der Waals surface area (Å²) in [5, 5.41) is 18.5. The van der Waals surface area contributed by atoms with E-state index in [-0.39, 0.29) is 24.8 Å². The van der Waals surface area contributed by atoms with Crippen LogP contribution in [0.25, 0.3) is 0 Å². The van der Waals surface area contributed by atoms with E-state index in [0.717, 1.165) is 25.9 Å².